The first-order chi connectivity index (χ1) is 7.00. The molecule has 1 aromatic carbocycles. The maximum Gasteiger partial charge on any atom is 0.245 e. The zero-order valence-corrected chi connectivity index (χ0v) is 9.30. The van der Waals surface area contributed by atoms with Gasteiger partial charge in [0.1, 0.15) is 6.04 Å². The summed E-state index contributed by atoms with van der Waals surface area (Å²) < 4.78 is 0. The molecule has 0 spiro atoms. The second kappa shape index (κ2) is 3.40. The van der Waals surface area contributed by atoms with Crippen LogP contribution >= 0.6 is 11.6 Å². The highest BCUT2D eigenvalue weighted by Crippen LogP contribution is 2.37. The van der Waals surface area contributed by atoms with Crippen LogP contribution in [0.5, 0.6) is 0 Å². The molecule has 3 N–H and O–H groups in total. The summed E-state index contributed by atoms with van der Waals surface area (Å²) in [5, 5.41) is 3.32. The average molecular weight is 226 g/mol. The zero-order valence-electron chi connectivity index (χ0n) is 8.54. The van der Waals surface area contributed by atoms with Gasteiger partial charge in [-0.2, -0.15) is 0 Å². The lowest BCUT2D eigenvalue weighted by atomic mass is 10.1. The largest absolute Gasteiger partial charge is 0.376 e. The fourth-order valence-corrected chi connectivity index (χ4v) is 1.98. The van der Waals surface area contributed by atoms with E-state index in [2.05, 4.69) is 5.32 Å². The molecule has 1 amide bonds. The van der Waals surface area contributed by atoms with Crippen molar-refractivity contribution >= 4 is 28.9 Å². The first-order valence-electron chi connectivity index (χ1n) is 4.58. The van der Waals surface area contributed by atoms with Crippen LogP contribution in [0.4, 0.5) is 11.4 Å². The molecule has 1 heterocycles. The Bertz CT molecular complexity index is 431. The summed E-state index contributed by atoms with van der Waals surface area (Å²) in [6, 6.07) is 2.98. The number of hydrogen-bond donors (Lipinski definition) is 2. The van der Waals surface area contributed by atoms with Crippen molar-refractivity contribution in [1.29, 1.82) is 0 Å². The average Bonchev–Trinajstić information content (AvgIpc) is 2.43. The van der Waals surface area contributed by atoms with E-state index in [1.54, 1.807) is 6.07 Å². The van der Waals surface area contributed by atoms with Gasteiger partial charge in [-0.3, -0.25) is 4.79 Å². The Morgan fingerprint density at radius 1 is 1.47 bits per heavy atom. The van der Waals surface area contributed by atoms with Gasteiger partial charge in [0.2, 0.25) is 5.91 Å². The number of carbonyl (C=O) groups excluding carboxylic acids is 1. The van der Waals surface area contributed by atoms with E-state index in [1.807, 2.05) is 25.1 Å². The molecular weight excluding hydrogens is 214 g/mol. The summed E-state index contributed by atoms with van der Waals surface area (Å²) in [5.41, 5.74) is 8.08. The number of fused-ring (bicyclic) bond motifs is 1. The highest BCUT2D eigenvalue weighted by atomic mass is 35.5. The number of carbonyl (C=O) groups is 1. The predicted molar refractivity (Wildman–Crippen MR) is 61.3 cm³/mol. The lowest BCUT2D eigenvalue weighted by molar-refractivity contribution is -0.116. The Labute approximate surface area is 93.0 Å². The Morgan fingerprint density at radius 3 is 2.73 bits per heavy atom. The summed E-state index contributed by atoms with van der Waals surface area (Å²) in [5.74, 6) is -0.183. The van der Waals surface area contributed by atoms with Crippen molar-refractivity contribution in [2.24, 2.45) is 5.73 Å². The van der Waals surface area contributed by atoms with Crippen molar-refractivity contribution in [3.8, 4) is 0 Å². The van der Waals surface area contributed by atoms with Crippen LogP contribution in [0.2, 0.25) is 5.02 Å². The molecule has 0 fully saturated rings. The molecule has 1 aromatic rings. The first-order valence-corrected chi connectivity index (χ1v) is 4.95. The highest BCUT2D eigenvalue weighted by molar-refractivity contribution is 6.33. The number of anilines is 2. The van der Waals surface area contributed by atoms with Gasteiger partial charge in [0.15, 0.2) is 0 Å². The van der Waals surface area contributed by atoms with E-state index in [0.717, 1.165) is 16.9 Å². The van der Waals surface area contributed by atoms with Crippen molar-refractivity contribution in [3.05, 3.63) is 22.7 Å². The molecule has 0 saturated heterocycles. The van der Waals surface area contributed by atoms with Crippen LogP contribution in [0, 0.1) is 0 Å². The van der Waals surface area contributed by atoms with Gasteiger partial charge in [0, 0.05) is 25.3 Å². The zero-order chi connectivity index (χ0) is 11.2. The van der Waals surface area contributed by atoms with Crippen LogP contribution in [0.25, 0.3) is 0 Å². The topological polar surface area (TPSA) is 58.4 Å². The fraction of sp³-hybridized carbons (Fsp3) is 0.300. The number of nitrogens with zero attached hydrogens (tertiary/aromatic N) is 1. The predicted octanol–water partition coefficient (Wildman–Crippen LogP) is 1.36. The number of nitrogens with one attached hydrogen (secondary N) is 1. The van der Waals surface area contributed by atoms with E-state index in [4.69, 9.17) is 17.3 Å². The Kier molecular flexibility index (Phi) is 2.32. The summed E-state index contributed by atoms with van der Waals surface area (Å²) in [7, 11) is 3.79. The summed E-state index contributed by atoms with van der Waals surface area (Å²) in [4.78, 5) is 13.2. The molecular formula is C10H12ClN3O. The van der Waals surface area contributed by atoms with Crippen LogP contribution in [-0.4, -0.2) is 20.0 Å². The third-order valence-corrected chi connectivity index (χ3v) is 2.78. The van der Waals surface area contributed by atoms with Crippen molar-refractivity contribution in [2.45, 2.75) is 6.04 Å². The van der Waals surface area contributed by atoms with Crippen molar-refractivity contribution in [2.75, 3.05) is 24.3 Å². The molecule has 0 aromatic heterocycles. The summed E-state index contributed by atoms with van der Waals surface area (Å²) in [6.07, 6.45) is 0. The molecule has 0 radical (unpaired) electrons. The number of amides is 1. The van der Waals surface area contributed by atoms with Crippen LogP contribution in [0.15, 0.2) is 12.1 Å². The van der Waals surface area contributed by atoms with E-state index in [0.29, 0.717) is 5.02 Å². The maximum absolute atomic E-state index is 11.3. The molecule has 15 heavy (non-hydrogen) atoms. The number of benzene rings is 1. The molecule has 1 aliphatic heterocycles. The molecule has 5 heteroatoms. The lowest BCUT2D eigenvalue weighted by Gasteiger charge is -2.16. The molecule has 80 valence electrons. The third kappa shape index (κ3) is 1.56. The number of rotatable bonds is 1. The molecule has 4 nitrogen and oxygen atoms in total. The van der Waals surface area contributed by atoms with Gasteiger partial charge >= 0.3 is 0 Å². The van der Waals surface area contributed by atoms with Gasteiger partial charge in [-0.15, -0.1) is 0 Å². The fourth-order valence-electron chi connectivity index (χ4n) is 1.64. The van der Waals surface area contributed by atoms with Gasteiger partial charge in [-0.25, -0.2) is 0 Å². The van der Waals surface area contributed by atoms with Gasteiger partial charge < -0.3 is 16.0 Å². The molecule has 1 aliphatic rings. The minimum absolute atomic E-state index is 0.183. The van der Waals surface area contributed by atoms with Crippen molar-refractivity contribution in [3.63, 3.8) is 0 Å². The minimum atomic E-state index is -0.603. The van der Waals surface area contributed by atoms with Gasteiger partial charge in [0.25, 0.3) is 0 Å². The second-order valence-corrected chi connectivity index (χ2v) is 4.16. The van der Waals surface area contributed by atoms with Crippen molar-refractivity contribution in [1.82, 2.24) is 0 Å². The standard InChI is InChI=1S/C10H12ClN3O/c1-14(2)8-4-7-5(3-6(8)11)9(12)10(15)13-7/h3-4,9H,12H2,1-2H3,(H,13,15). The van der Waals surface area contributed by atoms with Gasteiger partial charge in [-0.05, 0) is 12.1 Å². The minimum Gasteiger partial charge on any atom is -0.376 e. The molecule has 0 saturated carbocycles. The van der Waals surface area contributed by atoms with Crippen LogP contribution in [-0.2, 0) is 4.79 Å². The first kappa shape index (κ1) is 10.3. The number of nitrogens with two attached hydrogens (primary N) is 1. The monoisotopic (exact) mass is 225 g/mol. The van der Waals surface area contributed by atoms with Crippen LogP contribution in [0.1, 0.15) is 11.6 Å². The Balaban J connectivity index is 2.54. The van der Waals surface area contributed by atoms with Gasteiger partial charge in [0.05, 0.1) is 10.7 Å². The second-order valence-electron chi connectivity index (χ2n) is 3.75. The van der Waals surface area contributed by atoms with Crippen molar-refractivity contribution < 1.29 is 4.79 Å². The van der Waals surface area contributed by atoms with Crippen LogP contribution < -0.4 is 16.0 Å². The summed E-state index contributed by atoms with van der Waals surface area (Å²) >= 11 is 6.08. The number of halogens is 1. The van der Waals surface area contributed by atoms with E-state index < -0.39 is 6.04 Å². The molecule has 1 unspecified atom stereocenters. The Morgan fingerprint density at radius 2 is 2.13 bits per heavy atom. The normalized spacial score (nSPS) is 18.7. The molecule has 1 atom stereocenters. The molecule has 0 aliphatic carbocycles. The highest BCUT2D eigenvalue weighted by Gasteiger charge is 2.28. The SMILES string of the molecule is CN(C)c1cc2c(cc1Cl)C(N)C(=O)N2. The Hall–Kier alpha value is -1.26. The van der Waals surface area contributed by atoms with E-state index in [-0.39, 0.29) is 5.91 Å². The van der Waals surface area contributed by atoms with E-state index in [1.165, 1.54) is 0 Å². The number of hydrogen-bond acceptors (Lipinski definition) is 3. The quantitative estimate of drug-likeness (QED) is 0.759. The lowest BCUT2D eigenvalue weighted by Crippen LogP contribution is -2.19. The molecule has 2 rings (SSSR count). The third-order valence-electron chi connectivity index (χ3n) is 2.48. The summed E-state index contributed by atoms with van der Waals surface area (Å²) in [6.45, 7) is 0. The van der Waals surface area contributed by atoms with Gasteiger partial charge in [-0.1, -0.05) is 11.6 Å². The molecule has 0 bridgehead atoms. The van der Waals surface area contributed by atoms with E-state index in [9.17, 15) is 4.79 Å². The van der Waals surface area contributed by atoms with Crippen LogP contribution in [0.3, 0.4) is 0 Å². The smallest absolute Gasteiger partial charge is 0.245 e. The van der Waals surface area contributed by atoms with E-state index >= 15 is 0 Å². The maximum atomic E-state index is 11.3.